The zero-order valence-electron chi connectivity index (χ0n) is 10.6. The second-order valence-electron chi connectivity index (χ2n) is 5.03. The Morgan fingerprint density at radius 2 is 2.05 bits per heavy atom. The highest BCUT2D eigenvalue weighted by molar-refractivity contribution is 5.83. The molecule has 0 radical (unpaired) electrons. The molecule has 2 N–H and O–H groups in total. The predicted octanol–water partition coefficient (Wildman–Crippen LogP) is 2.88. The fourth-order valence-electron chi connectivity index (χ4n) is 2.76. The Bertz CT molecular complexity index is 710. The summed E-state index contributed by atoms with van der Waals surface area (Å²) in [4.78, 5) is 7.74. The Labute approximate surface area is 111 Å². The van der Waals surface area contributed by atoms with Crippen molar-refractivity contribution in [1.82, 2.24) is 15.3 Å². The molecule has 3 heteroatoms. The first-order chi connectivity index (χ1) is 9.40. The van der Waals surface area contributed by atoms with Crippen molar-refractivity contribution in [2.24, 2.45) is 0 Å². The maximum absolute atomic E-state index is 4.35. The van der Waals surface area contributed by atoms with Crippen molar-refractivity contribution < 1.29 is 0 Å². The van der Waals surface area contributed by atoms with E-state index < -0.39 is 0 Å². The van der Waals surface area contributed by atoms with E-state index in [1.54, 1.807) is 0 Å². The van der Waals surface area contributed by atoms with E-state index in [9.17, 15) is 0 Å². The van der Waals surface area contributed by atoms with Crippen LogP contribution in [-0.2, 0) is 13.0 Å². The van der Waals surface area contributed by atoms with Crippen LogP contribution in [0.4, 0.5) is 0 Å². The molecule has 0 bridgehead atoms. The highest BCUT2D eigenvalue weighted by atomic mass is 14.9. The molecular formula is C16H15N3. The van der Waals surface area contributed by atoms with Crippen molar-refractivity contribution in [2.45, 2.75) is 13.0 Å². The van der Waals surface area contributed by atoms with Gasteiger partial charge in [-0.25, -0.2) is 4.98 Å². The summed E-state index contributed by atoms with van der Waals surface area (Å²) in [7, 11) is 0. The molecule has 1 aliphatic heterocycles. The number of hydrogen-bond acceptors (Lipinski definition) is 2. The first-order valence-electron chi connectivity index (χ1n) is 6.67. The van der Waals surface area contributed by atoms with E-state index in [2.05, 4.69) is 45.6 Å². The van der Waals surface area contributed by atoms with E-state index in [1.165, 1.54) is 16.7 Å². The molecule has 0 spiro atoms. The average Bonchev–Trinajstić information content (AvgIpc) is 2.90. The minimum atomic E-state index is 0.955. The minimum absolute atomic E-state index is 0.955. The van der Waals surface area contributed by atoms with Crippen molar-refractivity contribution >= 4 is 11.0 Å². The van der Waals surface area contributed by atoms with Crippen LogP contribution in [0, 0.1) is 0 Å². The average molecular weight is 249 g/mol. The Balaban J connectivity index is 1.83. The first kappa shape index (κ1) is 10.8. The number of nitrogens with one attached hydrogen (secondary N) is 2. The van der Waals surface area contributed by atoms with Gasteiger partial charge in [-0.15, -0.1) is 0 Å². The Hall–Kier alpha value is -2.13. The number of hydrogen-bond donors (Lipinski definition) is 2. The molecule has 1 aromatic carbocycles. The van der Waals surface area contributed by atoms with E-state index in [1.807, 2.05) is 12.3 Å². The summed E-state index contributed by atoms with van der Waals surface area (Å²) in [6.07, 6.45) is 2.93. The van der Waals surface area contributed by atoms with Gasteiger partial charge in [0.05, 0.1) is 0 Å². The second-order valence-corrected chi connectivity index (χ2v) is 5.03. The fraction of sp³-hybridized carbons (Fsp3) is 0.188. The third-order valence-electron chi connectivity index (χ3n) is 3.80. The van der Waals surface area contributed by atoms with Crippen LogP contribution in [0.2, 0.25) is 0 Å². The van der Waals surface area contributed by atoms with Crippen molar-refractivity contribution in [3.63, 3.8) is 0 Å². The van der Waals surface area contributed by atoms with Crippen LogP contribution < -0.4 is 5.32 Å². The number of benzene rings is 1. The summed E-state index contributed by atoms with van der Waals surface area (Å²) in [5.74, 6) is 0. The molecule has 4 rings (SSSR count). The topological polar surface area (TPSA) is 40.7 Å². The van der Waals surface area contributed by atoms with E-state index in [-0.39, 0.29) is 0 Å². The number of fused-ring (bicyclic) bond motifs is 2. The molecule has 19 heavy (non-hydrogen) atoms. The summed E-state index contributed by atoms with van der Waals surface area (Å²) >= 11 is 0. The van der Waals surface area contributed by atoms with Crippen LogP contribution in [0.15, 0.2) is 42.6 Å². The number of H-pyrrole nitrogens is 1. The van der Waals surface area contributed by atoms with Gasteiger partial charge < -0.3 is 10.3 Å². The molecule has 0 aliphatic carbocycles. The van der Waals surface area contributed by atoms with Gasteiger partial charge in [0.1, 0.15) is 5.65 Å². The Morgan fingerprint density at radius 3 is 3.00 bits per heavy atom. The van der Waals surface area contributed by atoms with Crippen LogP contribution in [0.3, 0.4) is 0 Å². The lowest BCUT2D eigenvalue weighted by atomic mass is 9.97. The smallest absolute Gasteiger partial charge is 0.137 e. The first-order valence-corrected chi connectivity index (χ1v) is 6.67. The quantitative estimate of drug-likeness (QED) is 0.696. The second kappa shape index (κ2) is 4.21. The van der Waals surface area contributed by atoms with Crippen LogP contribution in [-0.4, -0.2) is 16.5 Å². The van der Waals surface area contributed by atoms with E-state index >= 15 is 0 Å². The number of rotatable bonds is 1. The van der Waals surface area contributed by atoms with Gasteiger partial charge >= 0.3 is 0 Å². The predicted molar refractivity (Wildman–Crippen MR) is 76.9 cm³/mol. The molecule has 3 nitrogen and oxygen atoms in total. The van der Waals surface area contributed by atoms with E-state index in [0.29, 0.717) is 0 Å². The van der Waals surface area contributed by atoms with Crippen molar-refractivity contribution in [1.29, 1.82) is 0 Å². The maximum atomic E-state index is 4.35. The lowest BCUT2D eigenvalue weighted by Gasteiger charge is -2.17. The van der Waals surface area contributed by atoms with Crippen LogP contribution >= 0.6 is 0 Å². The lowest BCUT2D eigenvalue weighted by Crippen LogP contribution is -2.23. The standard InChI is InChI=1S/C16H15N3/c1-2-13-9-15(19-16(13)18-6-1)12-3-4-14-10-17-7-5-11(14)8-12/h1-4,6,8-9,17H,5,7,10H2,(H,18,19). The molecule has 0 amide bonds. The summed E-state index contributed by atoms with van der Waals surface area (Å²) in [6, 6.07) is 13.0. The van der Waals surface area contributed by atoms with Gasteiger partial charge in [-0.1, -0.05) is 12.1 Å². The van der Waals surface area contributed by atoms with Gasteiger partial charge in [0.15, 0.2) is 0 Å². The SMILES string of the molecule is c1cnc2[nH]c(-c3ccc4c(c3)CCNC4)cc2c1. The van der Waals surface area contributed by atoms with Gasteiger partial charge in [0.2, 0.25) is 0 Å². The molecule has 3 heterocycles. The molecule has 1 aliphatic rings. The molecular weight excluding hydrogens is 234 g/mol. The molecule has 94 valence electrons. The third kappa shape index (κ3) is 1.83. The molecule has 0 atom stereocenters. The van der Waals surface area contributed by atoms with Crippen LogP contribution in [0.1, 0.15) is 11.1 Å². The third-order valence-corrected chi connectivity index (χ3v) is 3.80. The Kier molecular flexibility index (Phi) is 2.38. The minimum Gasteiger partial charge on any atom is -0.339 e. The van der Waals surface area contributed by atoms with E-state index in [4.69, 9.17) is 0 Å². The van der Waals surface area contributed by atoms with Crippen molar-refractivity contribution in [3.05, 3.63) is 53.7 Å². The zero-order chi connectivity index (χ0) is 12.7. The van der Waals surface area contributed by atoms with Crippen molar-refractivity contribution in [2.75, 3.05) is 6.54 Å². The van der Waals surface area contributed by atoms with Gasteiger partial charge in [0, 0.05) is 23.8 Å². The van der Waals surface area contributed by atoms with Crippen LogP contribution in [0.25, 0.3) is 22.3 Å². The number of pyridine rings is 1. The summed E-state index contributed by atoms with van der Waals surface area (Å²) in [5, 5.41) is 4.57. The molecule has 0 saturated heterocycles. The fourth-order valence-corrected chi connectivity index (χ4v) is 2.76. The van der Waals surface area contributed by atoms with Gasteiger partial charge in [-0.05, 0) is 53.9 Å². The lowest BCUT2D eigenvalue weighted by molar-refractivity contribution is 0.644. The van der Waals surface area contributed by atoms with Crippen LogP contribution in [0.5, 0.6) is 0 Å². The molecule has 3 aromatic rings. The highest BCUT2D eigenvalue weighted by Crippen LogP contribution is 2.26. The number of nitrogens with zero attached hydrogens (tertiary/aromatic N) is 1. The molecule has 2 aromatic heterocycles. The largest absolute Gasteiger partial charge is 0.339 e. The monoisotopic (exact) mass is 249 g/mol. The maximum Gasteiger partial charge on any atom is 0.137 e. The van der Waals surface area contributed by atoms with Crippen molar-refractivity contribution in [3.8, 4) is 11.3 Å². The number of aromatic amines is 1. The molecule has 0 fully saturated rings. The summed E-state index contributed by atoms with van der Waals surface area (Å²) in [6.45, 7) is 2.06. The molecule has 0 saturated carbocycles. The summed E-state index contributed by atoms with van der Waals surface area (Å²) < 4.78 is 0. The highest BCUT2D eigenvalue weighted by Gasteiger charge is 2.10. The van der Waals surface area contributed by atoms with Gasteiger partial charge in [-0.3, -0.25) is 0 Å². The molecule has 0 unspecified atom stereocenters. The van der Waals surface area contributed by atoms with E-state index in [0.717, 1.165) is 36.2 Å². The summed E-state index contributed by atoms with van der Waals surface area (Å²) in [5.41, 5.74) is 6.23. The Morgan fingerprint density at radius 1 is 1.05 bits per heavy atom. The normalized spacial score (nSPS) is 14.5. The zero-order valence-corrected chi connectivity index (χ0v) is 10.6. The van der Waals surface area contributed by atoms with Gasteiger partial charge in [-0.2, -0.15) is 0 Å². The number of aromatic nitrogens is 2. The van der Waals surface area contributed by atoms with Gasteiger partial charge in [0.25, 0.3) is 0 Å².